The molecule has 62 heavy (non-hydrogen) atoms. The summed E-state index contributed by atoms with van der Waals surface area (Å²) < 4.78 is 23.3. The van der Waals surface area contributed by atoms with E-state index in [1.165, 1.54) is 34.4 Å². The van der Waals surface area contributed by atoms with Gasteiger partial charge in [-0.05, 0) is 52.1 Å². The quantitative estimate of drug-likeness (QED) is 0.0262. The number of hydrogen-bond donors (Lipinski definition) is 1. The number of nitrogens with one attached hydrogen (secondary N) is 1. The van der Waals surface area contributed by atoms with Crippen LogP contribution in [0, 0.1) is 0 Å². The molecule has 0 saturated carbocycles. The lowest BCUT2D eigenvalue weighted by atomic mass is 9.77. The van der Waals surface area contributed by atoms with E-state index in [1.54, 1.807) is 19.6 Å². The van der Waals surface area contributed by atoms with E-state index in [-0.39, 0.29) is 43.6 Å². The van der Waals surface area contributed by atoms with Gasteiger partial charge < -0.3 is 33.9 Å². The van der Waals surface area contributed by atoms with Gasteiger partial charge in [-0.25, -0.2) is 9.78 Å². The summed E-state index contributed by atoms with van der Waals surface area (Å²) in [5.41, 5.74) is 3.66. The van der Waals surface area contributed by atoms with Crippen molar-refractivity contribution in [1.29, 1.82) is 0 Å². The van der Waals surface area contributed by atoms with Gasteiger partial charge in [0.1, 0.15) is 48.2 Å². The molecule has 2 heterocycles. The maximum absolute atomic E-state index is 13.6. The average molecular weight is 849 g/mol. The van der Waals surface area contributed by atoms with Gasteiger partial charge in [-0.2, -0.15) is 4.73 Å². The van der Waals surface area contributed by atoms with Crippen molar-refractivity contribution < 1.29 is 33.4 Å². The Hall–Kier alpha value is -7.64. The van der Waals surface area contributed by atoms with Crippen molar-refractivity contribution >= 4 is 28.1 Å². The van der Waals surface area contributed by atoms with Crippen LogP contribution in [0.4, 0.5) is 5.13 Å². The van der Waals surface area contributed by atoms with Crippen molar-refractivity contribution in [2.75, 3.05) is 26.1 Å². The van der Waals surface area contributed by atoms with E-state index in [4.69, 9.17) is 33.6 Å². The molecule has 0 spiro atoms. The summed E-state index contributed by atoms with van der Waals surface area (Å²) in [6.45, 7) is 3.58. The first kappa shape index (κ1) is 42.5. The minimum atomic E-state index is -0.865. The van der Waals surface area contributed by atoms with Gasteiger partial charge in [0.25, 0.3) is 0 Å². The van der Waals surface area contributed by atoms with Gasteiger partial charge in [-0.15, -0.1) is 11.3 Å². The number of ether oxygens (including phenoxy) is 4. The first-order chi connectivity index (χ1) is 30.4. The normalized spacial score (nSPS) is 11.3. The number of benzene rings is 5. The van der Waals surface area contributed by atoms with E-state index >= 15 is 0 Å². The van der Waals surface area contributed by atoms with Crippen LogP contribution in [0.3, 0.4) is 0 Å². The molecule has 5 aromatic carbocycles. The fourth-order valence-corrected chi connectivity index (χ4v) is 7.31. The summed E-state index contributed by atoms with van der Waals surface area (Å²) in [7, 11) is 3.19. The molecule has 0 fully saturated rings. The largest absolute Gasteiger partial charge is 0.497 e. The summed E-state index contributed by atoms with van der Waals surface area (Å²) in [6.07, 6.45) is 2.91. The van der Waals surface area contributed by atoms with Crippen molar-refractivity contribution in [3.63, 3.8) is 0 Å². The number of thiazole rings is 1. The predicted octanol–water partition coefficient (Wildman–Crippen LogP) is 8.58. The van der Waals surface area contributed by atoms with Gasteiger partial charge in [-0.3, -0.25) is 4.79 Å². The minimum absolute atomic E-state index is 0.0524. The van der Waals surface area contributed by atoms with Crippen LogP contribution >= 0.6 is 11.3 Å². The molecule has 0 bridgehead atoms. The summed E-state index contributed by atoms with van der Waals surface area (Å²) >= 11 is 1.30. The highest BCUT2D eigenvalue weighted by Gasteiger charge is 2.37. The highest BCUT2D eigenvalue weighted by molar-refractivity contribution is 7.14. The molecular weight excluding hydrogens is 805 g/mol. The standard InChI is InChI=1S/C49H44N4O8S/c1-4-28-58-47(55)46(43-34-62-48(50-43)51-49(37-14-8-5-9-15-37,38-16-10-6-11-17-38)39-18-12-7-13-19-39)52-60-33-40-29-44(54)45(59-31-35-20-24-41(56-2)25-21-35)30-53(40)61-32-36-22-26-42(57-3)27-23-36/h4-27,29-30,34H,1,28,31-33H2,2-3H3,(H,50,51)/b52-46-. The Morgan fingerprint density at radius 2 is 1.32 bits per heavy atom. The van der Waals surface area contributed by atoms with Crippen molar-refractivity contribution in [3.05, 3.63) is 219 Å². The molecule has 0 atom stereocenters. The Morgan fingerprint density at radius 1 is 0.774 bits per heavy atom. The smallest absolute Gasteiger partial charge is 0.363 e. The number of esters is 1. The number of anilines is 1. The predicted molar refractivity (Wildman–Crippen MR) is 239 cm³/mol. The van der Waals surface area contributed by atoms with Crippen LogP contribution in [0.5, 0.6) is 17.2 Å². The van der Waals surface area contributed by atoms with E-state index in [0.29, 0.717) is 22.3 Å². The second kappa shape index (κ2) is 20.6. The van der Waals surface area contributed by atoms with Crippen LogP contribution in [-0.4, -0.2) is 42.2 Å². The highest BCUT2D eigenvalue weighted by Crippen LogP contribution is 2.40. The number of pyridine rings is 1. The second-order valence-electron chi connectivity index (χ2n) is 13.7. The van der Waals surface area contributed by atoms with Gasteiger partial charge in [0.15, 0.2) is 17.5 Å². The van der Waals surface area contributed by atoms with Gasteiger partial charge in [0, 0.05) is 11.4 Å². The van der Waals surface area contributed by atoms with E-state index in [2.05, 4.69) is 53.4 Å². The Kier molecular flexibility index (Phi) is 14.1. The fraction of sp³-hybridized carbons (Fsp3) is 0.143. The maximum atomic E-state index is 13.6. The highest BCUT2D eigenvalue weighted by atomic mass is 32.1. The first-order valence-corrected chi connectivity index (χ1v) is 20.4. The molecule has 0 aliphatic rings. The minimum Gasteiger partial charge on any atom is -0.497 e. The Labute approximate surface area is 363 Å². The zero-order valence-electron chi connectivity index (χ0n) is 34.1. The van der Waals surface area contributed by atoms with Crippen LogP contribution in [-0.2, 0) is 39.7 Å². The number of carbonyl (C=O) groups is 1. The molecule has 13 heteroatoms. The zero-order chi connectivity index (χ0) is 43.2. The Bertz CT molecular complexity index is 2540. The molecule has 0 aliphatic carbocycles. The summed E-state index contributed by atoms with van der Waals surface area (Å²) in [4.78, 5) is 43.8. The van der Waals surface area contributed by atoms with Crippen molar-refractivity contribution in [2.24, 2.45) is 5.16 Å². The molecule has 0 saturated heterocycles. The lowest BCUT2D eigenvalue weighted by Gasteiger charge is -2.36. The van der Waals surface area contributed by atoms with Crippen LogP contribution < -0.4 is 29.8 Å². The molecule has 7 aromatic rings. The molecule has 314 valence electrons. The summed E-state index contributed by atoms with van der Waals surface area (Å²) in [6, 6.07) is 46.3. The molecule has 1 N–H and O–H groups in total. The van der Waals surface area contributed by atoms with Crippen LogP contribution in [0.1, 0.15) is 39.2 Å². The van der Waals surface area contributed by atoms with Crippen molar-refractivity contribution in [1.82, 2.24) is 9.71 Å². The number of rotatable bonds is 20. The van der Waals surface area contributed by atoms with Crippen LogP contribution in [0.25, 0.3) is 0 Å². The van der Waals surface area contributed by atoms with E-state index in [0.717, 1.165) is 27.8 Å². The number of hydrogen-bond acceptors (Lipinski definition) is 12. The van der Waals surface area contributed by atoms with E-state index < -0.39 is 16.9 Å². The van der Waals surface area contributed by atoms with Crippen LogP contribution in [0.2, 0.25) is 0 Å². The maximum Gasteiger partial charge on any atom is 0.363 e. The Morgan fingerprint density at radius 3 is 1.85 bits per heavy atom. The molecule has 2 aromatic heterocycles. The SMILES string of the molecule is C=CCOC(=O)/C(=N\OCc1cc(=O)c(OCc2ccc(OC)cc2)cn1OCc1ccc(OC)cc1)c1csc(NC(c2ccccc2)(c2ccccc2)c2ccccc2)n1. The monoisotopic (exact) mass is 848 g/mol. The van der Waals surface area contributed by atoms with Crippen molar-refractivity contribution in [2.45, 2.75) is 25.4 Å². The second-order valence-corrected chi connectivity index (χ2v) is 14.5. The summed E-state index contributed by atoms with van der Waals surface area (Å²) in [5, 5.41) is 10.2. The number of oxime groups is 1. The van der Waals surface area contributed by atoms with Gasteiger partial charge in [0.2, 0.25) is 11.1 Å². The lowest BCUT2D eigenvalue weighted by Crippen LogP contribution is -2.38. The Balaban J connectivity index is 1.18. The number of methoxy groups -OCH3 is 2. The molecule has 0 radical (unpaired) electrons. The average Bonchev–Trinajstić information content (AvgIpc) is 3.79. The van der Waals surface area contributed by atoms with Crippen molar-refractivity contribution in [3.8, 4) is 17.2 Å². The molecule has 0 unspecified atom stereocenters. The third-order valence-electron chi connectivity index (χ3n) is 9.70. The third kappa shape index (κ3) is 10.2. The van der Waals surface area contributed by atoms with Gasteiger partial charge in [0.05, 0.1) is 20.4 Å². The summed E-state index contributed by atoms with van der Waals surface area (Å²) in [5.74, 6) is 0.677. The third-order valence-corrected chi connectivity index (χ3v) is 10.5. The van der Waals surface area contributed by atoms with Gasteiger partial charge >= 0.3 is 5.97 Å². The lowest BCUT2D eigenvalue weighted by molar-refractivity contribution is -0.134. The topological polar surface area (TPSA) is 132 Å². The number of aromatic nitrogens is 2. The van der Waals surface area contributed by atoms with E-state index in [9.17, 15) is 9.59 Å². The molecule has 7 rings (SSSR count). The molecule has 0 aliphatic heterocycles. The first-order valence-electron chi connectivity index (χ1n) is 19.6. The molecule has 12 nitrogen and oxygen atoms in total. The number of nitrogens with zero attached hydrogens (tertiary/aromatic N) is 3. The molecule has 0 amide bonds. The zero-order valence-corrected chi connectivity index (χ0v) is 35.0. The number of carbonyl (C=O) groups excluding carboxylic acids is 1. The van der Waals surface area contributed by atoms with Crippen LogP contribution in [0.15, 0.2) is 180 Å². The fourth-order valence-electron chi connectivity index (χ4n) is 6.56. The molecular formula is C49H44N4O8S. The van der Waals surface area contributed by atoms with Gasteiger partial charge in [-0.1, -0.05) is 133 Å². The van der Waals surface area contributed by atoms with E-state index in [1.807, 2.05) is 103 Å².